The third kappa shape index (κ3) is 6.43. The average molecular weight is 518 g/mol. The second-order valence-electron chi connectivity index (χ2n) is 14.4. The van der Waals surface area contributed by atoms with E-state index in [1.165, 1.54) is 0 Å². The highest BCUT2D eigenvalue weighted by Gasteiger charge is 2.69. The summed E-state index contributed by atoms with van der Waals surface area (Å²) < 4.78 is 0. The Morgan fingerprint density at radius 2 is 1.59 bits per heavy atom. The van der Waals surface area contributed by atoms with Crippen LogP contribution in [0.4, 0.5) is 0 Å². The van der Waals surface area contributed by atoms with Crippen LogP contribution in [0.1, 0.15) is 93.9 Å². The van der Waals surface area contributed by atoms with Gasteiger partial charge in [0.1, 0.15) is 0 Å². The van der Waals surface area contributed by atoms with Crippen LogP contribution in [-0.2, 0) is 24.0 Å². The lowest BCUT2D eigenvalue weighted by atomic mass is 9.75. The highest BCUT2D eigenvalue weighted by atomic mass is 16.2. The van der Waals surface area contributed by atoms with Gasteiger partial charge in [0.25, 0.3) is 5.91 Å². The zero-order chi connectivity index (χ0) is 28.1. The van der Waals surface area contributed by atoms with E-state index in [0.717, 1.165) is 19.3 Å². The van der Waals surface area contributed by atoms with Crippen molar-refractivity contribution in [3.05, 3.63) is 0 Å². The molecule has 3 N–H and O–H groups in total. The number of ketones is 2. The summed E-state index contributed by atoms with van der Waals surface area (Å²) in [5.74, 6) is -3.01. The fourth-order valence-corrected chi connectivity index (χ4v) is 6.48. The van der Waals surface area contributed by atoms with E-state index in [0.29, 0.717) is 18.9 Å². The van der Waals surface area contributed by atoms with Crippen molar-refractivity contribution >= 4 is 29.3 Å². The summed E-state index contributed by atoms with van der Waals surface area (Å²) in [6, 6.07) is -0.646. The number of rotatable bonds is 10. The minimum absolute atomic E-state index is 0.0148. The monoisotopic (exact) mass is 517 g/mol. The molecule has 2 saturated carbocycles. The van der Waals surface area contributed by atoms with Gasteiger partial charge in [-0.15, -0.1) is 0 Å². The van der Waals surface area contributed by atoms with Crippen molar-refractivity contribution in [1.82, 2.24) is 10.2 Å². The second kappa shape index (κ2) is 10.1. The maximum absolute atomic E-state index is 14.0. The number of nitrogens with two attached hydrogens (primary N) is 1. The number of nitrogens with one attached hydrogen (secondary N) is 1. The molecule has 3 aliphatic rings. The van der Waals surface area contributed by atoms with E-state index in [2.05, 4.69) is 19.2 Å². The quantitative estimate of drug-likeness (QED) is 0.430. The number of nitrogens with zero attached hydrogens (tertiary/aromatic N) is 1. The largest absolute Gasteiger partial charge is 0.363 e. The molecule has 8 nitrogen and oxygen atoms in total. The van der Waals surface area contributed by atoms with Crippen LogP contribution in [0.15, 0.2) is 0 Å². The van der Waals surface area contributed by atoms with E-state index < -0.39 is 40.5 Å². The molecule has 0 bridgehead atoms. The van der Waals surface area contributed by atoms with E-state index in [-0.39, 0.29) is 47.7 Å². The second-order valence-corrected chi connectivity index (χ2v) is 14.4. The summed E-state index contributed by atoms with van der Waals surface area (Å²) in [7, 11) is 0. The van der Waals surface area contributed by atoms with Gasteiger partial charge < -0.3 is 16.0 Å². The molecule has 1 heterocycles. The van der Waals surface area contributed by atoms with Crippen LogP contribution in [0.25, 0.3) is 0 Å². The predicted molar refractivity (Wildman–Crippen MR) is 141 cm³/mol. The van der Waals surface area contributed by atoms with Crippen LogP contribution in [-0.4, -0.2) is 52.3 Å². The summed E-state index contributed by atoms with van der Waals surface area (Å²) in [5.41, 5.74) is 4.35. The van der Waals surface area contributed by atoms with Crippen molar-refractivity contribution in [3.8, 4) is 0 Å². The van der Waals surface area contributed by atoms with E-state index in [1.807, 2.05) is 41.5 Å². The van der Waals surface area contributed by atoms with Crippen molar-refractivity contribution in [2.45, 2.75) is 105 Å². The van der Waals surface area contributed by atoms with Gasteiger partial charge in [-0.25, -0.2) is 0 Å². The molecule has 3 fully saturated rings. The highest BCUT2D eigenvalue weighted by molar-refractivity contribution is 6.36. The van der Waals surface area contributed by atoms with Gasteiger partial charge in [0.05, 0.1) is 12.0 Å². The molecular weight excluding hydrogens is 470 g/mol. The molecule has 208 valence electrons. The summed E-state index contributed by atoms with van der Waals surface area (Å²) in [6.07, 6.45) is 3.54. The molecule has 0 aromatic rings. The SMILES string of the molecule is CC(C)(C)NC(=O)C[C@H](C(=O)N1C[C@H]2[C@@H]([C@H]1C(=O)CC(CC1CCC1)C(=O)C(N)=O)C2(C)C)C(C)(C)C. The van der Waals surface area contributed by atoms with Crippen LogP contribution in [0, 0.1) is 40.4 Å². The van der Waals surface area contributed by atoms with Gasteiger partial charge in [-0.05, 0) is 55.8 Å². The first kappa shape index (κ1) is 29.3. The first-order valence-corrected chi connectivity index (χ1v) is 13.8. The molecule has 0 radical (unpaired) electrons. The van der Waals surface area contributed by atoms with E-state index in [1.54, 1.807) is 4.90 Å². The lowest BCUT2D eigenvalue weighted by Gasteiger charge is -2.38. The fraction of sp³-hybridized carbons (Fsp3) is 0.828. The van der Waals surface area contributed by atoms with Crippen LogP contribution in [0.2, 0.25) is 0 Å². The standard InChI is InChI=1S/C29H47N3O5/c1-27(2,3)18(14-21(34)31-28(4,5)6)26(37)32-15-19-22(29(19,7)8)23(32)20(33)13-17(24(35)25(30)36)12-16-10-9-11-16/h16-19,22-23H,9-15H2,1-8H3,(H2,30,36)(H,31,34)/t17?,18-,19+,22+,23-/m1/s1. The average Bonchev–Trinajstić information content (AvgIpc) is 3.06. The molecule has 2 aliphatic carbocycles. The Labute approximate surface area is 221 Å². The number of fused-ring (bicyclic) bond motifs is 1. The molecule has 37 heavy (non-hydrogen) atoms. The number of carbonyl (C=O) groups excluding carboxylic acids is 5. The molecule has 1 unspecified atom stereocenters. The lowest BCUT2D eigenvalue weighted by molar-refractivity contribution is -0.148. The normalized spacial score (nSPS) is 26.5. The third-order valence-electron chi connectivity index (χ3n) is 8.97. The molecule has 0 aromatic carbocycles. The third-order valence-corrected chi connectivity index (χ3v) is 8.97. The van der Waals surface area contributed by atoms with Gasteiger partial charge in [0, 0.05) is 30.8 Å². The van der Waals surface area contributed by atoms with Crippen LogP contribution in [0.5, 0.6) is 0 Å². The summed E-state index contributed by atoms with van der Waals surface area (Å²) in [4.78, 5) is 66.7. The van der Waals surface area contributed by atoms with E-state index in [9.17, 15) is 24.0 Å². The highest BCUT2D eigenvalue weighted by Crippen LogP contribution is 2.65. The molecule has 3 amide bonds. The molecule has 0 aromatic heterocycles. The van der Waals surface area contributed by atoms with E-state index in [4.69, 9.17) is 5.73 Å². The van der Waals surface area contributed by atoms with Crippen molar-refractivity contribution in [3.63, 3.8) is 0 Å². The Morgan fingerprint density at radius 1 is 1.00 bits per heavy atom. The number of likely N-dealkylation sites (tertiary alicyclic amines) is 1. The molecular formula is C29H47N3O5. The van der Waals surface area contributed by atoms with Crippen LogP contribution in [0.3, 0.4) is 0 Å². The molecule has 0 spiro atoms. The minimum atomic E-state index is -1.00. The first-order valence-electron chi connectivity index (χ1n) is 13.8. The Bertz CT molecular complexity index is 954. The number of primary amides is 1. The number of hydrogen-bond acceptors (Lipinski definition) is 5. The topological polar surface area (TPSA) is 127 Å². The van der Waals surface area contributed by atoms with Gasteiger partial charge in [0.2, 0.25) is 17.6 Å². The fourth-order valence-electron chi connectivity index (χ4n) is 6.48. The van der Waals surface area contributed by atoms with Crippen molar-refractivity contribution in [2.75, 3.05) is 6.54 Å². The molecule has 5 atom stereocenters. The van der Waals surface area contributed by atoms with Gasteiger partial charge in [-0.1, -0.05) is 53.9 Å². The smallest absolute Gasteiger partial charge is 0.285 e. The number of hydrogen-bond donors (Lipinski definition) is 2. The maximum Gasteiger partial charge on any atom is 0.285 e. The van der Waals surface area contributed by atoms with Gasteiger partial charge >= 0.3 is 0 Å². The maximum atomic E-state index is 14.0. The summed E-state index contributed by atoms with van der Waals surface area (Å²) in [6.45, 7) is 16.2. The van der Waals surface area contributed by atoms with Crippen LogP contribution >= 0.6 is 0 Å². The van der Waals surface area contributed by atoms with Crippen molar-refractivity contribution < 1.29 is 24.0 Å². The molecule has 1 aliphatic heterocycles. The summed E-state index contributed by atoms with van der Waals surface area (Å²) >= 11 is 0. The molecule has 1 saturated heterocycles. The van der Waals surface area contributed by atoms with Gasteiger partial charge in [-0.3, -0.25) is 24.0 Å². The number of Topliss-reactive ketones (excluding diaryl/α,β-unsaturated/α-hetero) is 2. The first-order chi connectivity index (χ1) is 16.8. The number of carbonyl (C=O) groups is 5. The van der Waals surface area contributed by atoms with Gasteiger partial charge in [0.15, 0.2) is 5.78 Å². The molecule has 3 rings (SSSR count). The van der Waals surface area contributed by atoms with Gasteiger partial charge in [-0.2, -0.15) is 0 Å². The van der Waals surface area contributed by atoms with Crippen molar-refractivity contribution in [1.29, 1.82) is 0 Å². The Morgan fingerprint density at radius 3 is 2.05 bits per heavy atom. The Hall–Kier alpha value is -2.25. The number of amides is 3. The lowest BCUT2D eigenvalue weighted by Crippen LogP contribution is -2.52. The molecule has 8 heteroatoms. The Kier molecular flexibility index (Phi) is 8.03. The summed E-state index contributed by atoms with van der Waals surface area (Å²) in [5, 5.41) is 2.95. The minimum Gasteiger partial charge on any atom is -0.363 e. The van der Waals surface area contributed by atoms with Crippen LogP contribution < -0.4 is 11.1 Å². The predicted octanol–water partition coefficient (Wildman–Crippen LogP) is 3.26. The number of piperidine rings is 1. The van der Waals surface area contributed by atoms with E-state index >= 15 is 0 Å². The van der Waals surface area contributed by atoms with Crippen molar-refractivity contribution in [2.24, 2.45) is 46.2 Å². The Balaban J connectivity index is 1.83. The zero-order valence-corrected chi connectivity index (χ0v) is 24.0. The zero-order valence-electron chi connectivity index (χ0n) is 24.0.